The molecule has 0 bridgehead atoms. The van der Waals surface area contributed by atoms with Crippen molar-refractivity contribution < 1.29 is 17.9 Å². The molecule has 1 fully saturated rings. The Hall–Kier alpha value is -1.96. The van der Waals surface area contributed by atoms with Crippen molar-refractivity contribution in [3.8, 4) is 11.5 Å². The van der Waals surface area contributed by atoms with Gasteiger partial charge in [0.1, 0.15) is 11.5 Å². The quantitative estimate of drug-likeness (QED) is 0.777. The van der Waals surface area contributed by atoms with Crippen molar-refractivity contribution in [1.82, 2.24) is 4.31 Å². The number of methoxy groups -OCH3 is 2. The van der Waals surface area contributed by atoms with Crippen LogP contribution in [0.1, 0.15) is 0 Å². The lowest BCUT2D eigenvalue weighted by Crippen LogP contribution is -2.48. The first-order chi connectivity index (χ1) is 12.5. The maximum atomic E-state index is 12.9. The molecule has 1 saturated heterocycles. The highest BCUT2D eigenvalue weighted by Gasteiger charge is 2.29. The van der Waals surface area contributed by atoms with Crippen LogP contribution in [0.3, 0.4) is 0 Å². The van der Waals surface area contributed by atoms with Gasteiger partial charge < -0.3 is 14.4 Å². The van der Waals surface area contributed by atoms with E-state index in [1.807, 2.05) is 24.3 Å². The second kappa shape index (κ2) is 7.73. The van der Waals surface area contributed by atoms with Gasteiger partial charge in [0.15, 0.2) is 0 Å². The van der Waals surface area contributed by atoms with Crippen LogP contribution in [0.5, 0.6) is 11.5 Å². The predicted molar refractivity (Wildman–Crippen MR) is 102 cm³/mol. The molecule has 2 aromatic rings. The van der Waals surface area contributed by atoms with E-state index in [9.17, 15) is 8.42 Å². The number of rotatable bonds is 5. The van der Waals surface area contributed by atoms with Gasteiger partial charge in [0, 0.05) is 32.2 Å². The second-order valence-corrected chi connectivity index (χ2v) is 8.20. The third kappa shape index (κ3) is 3.60. The Bertz CT molecular complexity index is 881. The highest BCUT2D eigenvalue weighted by atomic mass is 35.5. The first-order valence-electron chi connectivity index (χ1n) is 8.19. The number of hydrogen-bond acceptors (Lipinski definition) is 5. The van der Waals surface area contributed by atoms with Gasteiger partial charge in [-0.1, -0.05) is 23.7 Å². The van der Waals surface area contributed by atoms with Gasteiger partial charge in [0.2, 0.25) is 10.0 Å². The normalized spacial score (nSPS) is 15.7. The van der Waals surface area contributed by atoms with E-state index in [1.165, 1.54) is 23.5 Å². The zero-order valence-electron chi connectivity index (χ0n) is 14.7. The molecule has 0 aromatic heterocycles. The van der Waals surface area contributed by atoms with E-state index in [0.29, 0.717) is 37.0 Å². The number of piperazine rings is 1. The van der Waals surface area contributed by atoms with Crippen molar-refractivity contribution in [2.24, 2.45) is 0 Å². The first-order valence-corrected chi connectivity index (χ1v) is 10.0. The van der Waals surface area contributed by atoms with Gasteiger partial charge in [-0.25, -0.2) is 8.42 Å². The van der Waals surface area contributed by atoms with Crippen molar-refractivity contribution >= 4 is 27.3 Å². The molecule has 0 amide bonds. The highest BCUT2D eigenvalue weighted by molar-refractivity contribution is 7.89. The van der Waals surface area contributed by atoms with Crippen LogP contribution in [0.2, 0.25) is 5.02 Å². The monoisotopic (exact) mass is 396 g/mol. The number of sulfonamides is 1. The molecular formula is C18H21ClN2O4S. The Morgan fingerprint density at radius 3 is 2.23 bits per heavy atom. The van der Waals surface area contributed by atoms with E-state index in [4.69, 9.17) is 21.1 Å². The zero-order valence-corrected chi connectivity index (χ0v) is 16.3. The second-order valence-electron chi connectivity index (χ2n) is 5.86. The lowest BCUT2D eigenvalue weighted by Gasteiger charge is -2.36. The van der Waals surface area contributed by atoms with Crippen LogP contribution < -0.4 is 14.4 Å². The van der Waals surface area contributed by atoms with Crippen molar-refractivity contribution in [3.05, 3.63) is 47.5 Å². The van der Waals surface area contributed by atoms with Gasteiger partial charge in [-0.2, -0.15) is 4.31 Å². The van der Waals surface area contributed by atoms with Gasteiger partial charge in [-0.3, -0.25) is 0 Å². The Morgan fingerprint density at radius 1 is 0.923 bits per heavy atom. The minimum absolute atomic E-state index is 0.185. The number of nitrogens with zero attached hydrogens (tertiary/aromatic N) is 2. The average molecular weight is 397 g/mol. The summed E-state index contributed by atoms with van der Waals surface area (Å²) in [5.74, 6) is 1.13. The molecule has 0 atom stereocenters. The van der Waals surface area contributed by atoms with E-state index in [0.717, 1.165) is 11.4 Å². The van der Waals surface area contributed by atoms with Crippen molar-refractivity contribution in [1.29, 1.82) is 0 Å². The fourth-order valence-corrected chi connectivity index (χ4v) is 4.64. The molecule has 8 heteroatoms. The number of ether oxygens (including phenoxy) is 2. The topological polar surface area (TPSA) is 59.1 Å². The number of halogens is 1. The van der Waals surface area contributed by atoms with Crippen LogP contribution in [0.15, 0.2) is 47.4 Å². The molecule has 0 spiro atoms. The number of anilines is 1. The minimum atomic E-state index is -3.60. The van der Waals surface area contributed by atoms with Crippen LogP contribution >= 0.6 is 11.6 Å². The van der Waals surface area contributed by atoms with E-state index in [2.05, 4.69) is 4.90 Å². The summed E-state index contributed by atoms with van der Waals surface area (Å²) in [5, 5.41) is 0.382. The molecule has 3 rings (SSSR count). The molecule has 0 saturated carbocycles. The van der Waals surface area contributed by atoms with Crippen molar-refractivity contribution in [3.63, 3.8) is 0 Å². The largest absolute Gasteiger partial charge is 0.495 e. The summed E-state index contributed by atoms with van der Waals surface area (Å²) in [6.07, 6.45) is 0. The molecule has 2 aromatic carbocycles. The molecule has 0 aliphatic carbocycles. The number of para-hydroxylation sites is 2. The van der Waals surface area contributed by atoms with E-state index in [-0.39, 0.29) is 4.90 Å². The van der Waals surface area contributed by atoms with E-state index < -0.39 is 10.0 Å². The van der Waals surface area contributed by atoms with Crippen LogP contribution in [0, 0.1) is 0 Å². The summed E-state index contributed by atoms with van der Waals surface area (Å²) in [7, 11) is -0.502. The fraction of sp³-hybridized carbons (Fsp3) is 0.333. The molecule has 0 unspecified atom stereocenters. The standard InChI is InChI=1S/C18H21ClN2O4S/c1-24-17-6-4-3-5-16(17)20-9-11-21(12-10-20)26(22,23)14-7-8-15(19)18(13-14)25-2/h3-8,13H,9-12H2,1-2H3. The predicted octanol–water partition coefficient (Wildman–Crippen LogP) is 2.87. The Balaban J connectivity index is 1.77. The molecular weight excluding hydrogens is 376 g/mol. The molecule has 140 valence electrons. The Kier molecular flexibility index (Phi) is 5.60. The third-order valence-corrected chi connectivity index (χ3v) is 6.63. The van der Waals surface area contributed by atoms with Crippen molar-refractivity contribution in [2.75, 3.05) is 45.3 Å². The Labute approximate surface area is 158 Å². The summed E-state index contributed by atoms with van der Waals surface area (Å²) in [6.45, 7) is 1.96. The summed E-state index contributed by atoms with van der Waals surface area (Å²) < 4.78 is 37.9. The summed E-state index contributed by atoms with van der Waals surface area (Å²) >= 11 is 6.00. The summed E-state index contributed by atoms with van der Waals surface area (Å²) in [5.41, 5.74) is 0.972. The first kappa shape index (κ1) is 18.8. The van der Waals surface area contributed by atoms with Gasteiger partial charge in [0.25, 0.3) is 0 Å². The molecule has 1 heterocycles. The minimum Gasteiger partial charge on any atom is -0.495 e. The molecule has 26 heavy (non-hydrogen) atoms. The molecule has 1 aliphatic rings. The molecule has 0 radical (unpaired) electrons. The molecule has 6 nitrogen and oxygen atoms in total. The van der Waals surface area contributed by atoms with E-state index >= 15 is 0 Å². The van der Waals surface area contributed by atoms with Crippen LogP contribution in [0.4, 0.5) is 5.69 Å². The summed E-state index contributed by atoms with van der Waals surface area (Å²) in [6, 6.07) is 12.2. The maximum Gasteiger partial charge on any atom is 0.243 e. The molecule has 1 aliphatic heterocycles. The van der Waals surface area contributed by atoms with Crippen LogP contribution in [-0.4, -0.2) is 53.1 Å². The third-order valence-electron chi connectivity index (χ3n) is 4.42. The number of benzene rings is 2. The number of hydrogen-bond donors (Lipinski definition) is 0. The lowest BCUT2D eigenvalue weighted by atomic mass is 10.2. The van der Waals surface area contributed by atoms with Gasteiger partial charge in [0.05, 0.1) is 29.8 Å². The fourth-order valence-electron chi connectivity index (χ4n) is 3.01. The lowest BCUT2D eigenvalue weighted by molar-refractivity contribution is 0.377. The SMILES string of the molecule is COc1cc(S(=O)(=O)N2CCN(c3ccccc3OC)CC2)ccc1Cl. The van der Waals surface area contributed by atoms with Crippen LogP contribution in [0.25, 0.3) is 0 Å². The van der Waals surface area contributed by atoms with Crippen LogP contribution in [-0.2, 0) is 10.0 Å². The van der Waals surface area contributed by atoms with Gasteiger partial charge >= 0.3 is 0 Å². The summed E-state index contributed by atoms with van der Waals surface area (Å²) in [4.78, 5) is 2.32. The smallest absolute Gasteiger partial charge is 0.243 e. The van der Waals surface area contributed by atoms with Crippen molar-refractivity contribution in [2.45, 2.75) is 4.90 Å². The average Bonchev–Trinajstić information content (AvgIpc) is 2.68. The maximum absolute atomic E-state index is 12.9. The van der Waals surface area contributed by atoms with Gasteiger partial charge in [-0.05, 0) is 24.3 Å². The molecule has 0 N–H and O–H groups in total. The zero-order chi connectivity index (χ0) is 18.7. The van der Waals surface area contributed by atoms with Gasteiger partial charge in [-0.15, -0.1) is 0 Å². The Morgan fingerprint density at radius 2 is 1.58 bits per heavy atom. The highest BCUT2D eigenvalue weighted by Crippen LogP contribution is 2.31. The van der Waals surface area contributed by atoms with E-state index in [1.54, 1.807) is 13.2 Å².